The van der Waals surface area contributed by atoms with Crippen molar-refractivity contribution in [1.82, 2.24) is 10.2 Å². The molecule has 0 aromatic heterocycles. The SMILES string of the molecule is CCCNC(=O)C[NH+]1CCN(C(=O)CSc2ccccc2F)CC1. The fourth-order valence-electron chi connectivity index (χ4n) is 2.60. The van der Waals surface area contributed by atoms with Gasteiger partial charge in [-0.2, -0.15) is 0 Å². The Kier molecular flexibility index (Phi) is 7.52. The van der Waals surface area contributed by atoms with Crippen molar-refractivity contribution in [2.75, 3.05) is 45.0 Å². The number of carbonyl (C=O) groups excluding carboxylic acids is 2. The zero-order valence-electron chi connectivity index (χ0n) is 14.0. The van der Waals surface area contributed by atoms with Gasteiger partial charge in [0.25, 0.3) is 5.91 Å². The van der Waals surface area contributed by atoms with Gasteiger partial charge >= 0.3 is 0 Å². The van der Waals surface area contributed by atoms with Crippen LogP contribution in [-0.4, -0.2) is 61.7 Å². The van der Waals surface area contributed by atoms with E-state index in [2.05, 4.69) is 5.32 Å². The van der Waals surface area contributed by atoms with Crippen LogP contribution in [0.1, 0.15) is 13.3 Å². The van der Waals surface area contributed by atoms with Crippen molar-refractivity contribution in [3.63, 3.8) is 0 Å². The highest BCUT2D eigenvalue weighted by Gasteiger charge is 2.25. The summed E-state index contributed by atoms with van der Waals surface area (Å²) in [6.45, 7) is 6.04. The van der Waals surface area contributed by atoms with E-state index in [1.807, 2.05) is 6.92 Å². The van der Waals surface area contributed by atoms with E-state index in [1.165, 1.54) is 22.7 Å². The Hall–Kier alpha value is -1.60. The largest absolute Gasteiger partial charge is 0.351 e. The number of hydrogen-bond donors (Lipinski definition) is 2. The number of nitrogens with one attached hydrogen (secondary N) is 2. The van der Waals surface area contributed by atoms with Crippen molar-refractivity contribution in [2.24, 2.45) is 0 Å². The molecule has 2 rings (SSSR count). The Morgan fingerprint density at radius 3 is 2.67 bits per heavy atom. The van der Waals surface area contributed by atoms with Crippen LogP contribution in [0.3, 0.4) is 0 Å². The smallest absolute Gasteiger partial charge is 0.275 e. The van der Waals surface area contributed by atoms with Crippen LogP contribution >= 0.6 is 11.8 Å². The average Bonchev–Trinajstić information content (AvgIpc) is 2.59. The number of hydrogen-bond acceptors (Lipinski definition) is 3. The van der Waals surface area contributed by atoms with Crippen LogP contribution in [0.5, 0.6) is 0 Å². The van der Waals surface area contributed by atoms with E-state index in [4.69, 9.17) is 0 Å². The van der Waals surface area contributed by atoms with Gasteiger partial charge in [0.1, 0.15) is 5.82 Å². The lowest BCUT2D eigenvalue weighted by Crippen LogP contribution is -3.15. The van der Waals surface area contributed by atoms with Gasteiger partial charge in [0.15, 0.2) is 6.54 Å². The number of thioether (sulfide) groups is 1. The fourth-order valence-corrected chi connectivity index (χ4v) is 3.44. The molecule has 1 heterocycles. The number of quaternary nitrogens is 1. The summed E-state index contributed by atoms with van der Waals surface area (Å²) in [4.78, 5) is 27.5. The van der Waals surface area contributed by atoms with Crippen LogP contribution in [-0.2, 0) is 9.59 Å². The van der Waals surface area contributed by atoms with Gasteiger partial charge in [0.2, 0.25) is 5.91 Å². The second-order valence-corrected chi connectivity index (χ2v) is 6.89. The minimum absolute atomic E-state index is 0.0257. The predicted octanol–water partition coefficient (Wildman–Crippen LogP) is 0.171. The molecule has 24 heavy (non-hydrogen) atoms. The van der Waals surface area contributed by atoms with E-state index in [1.54, 1.807) is 23.1 Å². The minimum Gasteiger partial charge on any atom is -0.351 e. The van der Waals surface area contributed by atoms with Gasteiger partial charge in [-0.15, -0.1) is 11.8 Å². The first-order valence-corrected chi connectivity index (χ1v) is 9.34. The highest BCUT2D eigenvalue weighted by molar-refractivity contribution is 8.00. The summed E-state index contributed by atoms with van der Waals surface area (Å²) in [6.07, 6.45) is 0.934. The summed E-state index contributed by atoms with van der Waals surface area (Å²) in [5, 5.41) is 2.88. The lowest BCUT2D eigenvalue weighted by atomic mass is 10.3. The maximum atomic E-state index is 13.6. The van der Waals surface area contributed by atoms with Crippen molar-refractivity contribution in [3.05, 3.63) is 30.1 Å². The maximum absolute atomic E-state index is 13.6. The first-order chi connectivity index (χ1) is 11.6. The number of amides is 2. The first kappa shape index (κ1) is 18.7. The first-order valence-electron chi connectivity index (χ1n) is 8.35. The molecule has 5 nitrogen and oxygen atoms in total. The standard InChI is InChI=1S/C17H24FN3O2S/c1-2-7-19-16(22)12-20-8-10-21(11-9-20)17(23)13-24-15-6-4-3-5-14(15)18/h3-6H,2,7-13H2,1H3,(H,19,22)/p+1. The van der Waals surface area contributed by atoms with Gasteiger partial charge in [0, 0.05) is 11.4 Å². The molecule has 1 aromatic rings. The van der Waals surface area contributed by atoms with Crippen molar-refractivity contribution < 1.29 is 18.9 Å². The third-order valence-electron chi connectivity index (χ3n) is 3.99. The molecule has 0 radical (unpaired) electrons. The molecule has 1 aliphatic heterocycles. The van der Waals surface area contributed by atoms with E-state index in [-0.39, 0.29) is 23.4 Å². The Morgan fingerprint density at radius 2 is 2.00 bits per heavy atom. The molecule has 0 atom stereocenters. The van der Waals surface area contributed by atoms with Crippen LogP contribution in [0.4, 0.5) is 4.39 Å². The molecule has 132 valence electrons. The molecule has 2 N–H and O–H groups in total. The summed E-state index contributed by atoms with van der Waals surface area (Å²) >= 11 is 1.23. The fraction of sp³-hybridized carbons (Fsp3) is 0.529. The minimum atomic E-state index is -0.289. The third kappa shape index (κ3) is 5.79. The molecule has 0 bridgehead atoms. The van der Waals surface area contributed by atoms with Gasteiger partial charge in [-0.25, -0.2) is 4.39 Å². The van der Waals surface area contributed by atoms with Gasteiger partial charge < -0.3 is 15.1 Å². The number of halogens is 1. The molecule has 0 saturated carbocycles. The van der Waals surface area contributed by atoms with Crippen molar-refractivity contribution >= 4 is 23.6 Å². The van der Waals surface area contributed by atoms with Crippen molar-refractivity contribution in [3.8, 4) is 0 Å². The molecule has 7 heteroatoms. The quantitative estimate of drug-likeness (QED) is 0.687. The van der Waals surface area contributed by atoms with E-state index in [9.17, 15) is 14.0 Å². The number of piperazine rings is 1. The third-order valence-corrected chi connectivity index (χ3v) is 5.03. The van der Waals surface area contributed by atoms with Crippen LogP contribution in [0, 0.1) is 5.82 Å². The molecular weight excluding hydrogens is 329 g/mol. The van der Waals surface area contributed by atoms with E-state index in [0.717, 1.165) is 19.5 Å². The number of carbonyl (C=O) groups is 2. The molecular formula is C17H25FN3O2S+. The summed E-state index contributed by atoms with van der Waals surface area (Å²) in [5.74, 6) is 0.0508. The van der Waals surface area contributed by atoms with Crippen molar-refractivity contribution in [2.45, 2.75) is 18.2 Å². The normalized spacial score (nSPS) is 15.3. The maximum Gasteiger partial charge on any atom is 0.275 e. The molecule has 1 saturated heterocycles. The topological polar surface area (TPSA) is 53.9 Å². The zero-order valence-corrected chi connectivity index (χ0v) is 14.8. The van der Waals surface area contributed by atoms with E-state index < -0.39 is 0 Å². The average molecular weight is 354 g/mol. The molecule has 2 amide bonds. The Balaban J connectivity index is 1.71. The predicted molar refractivity (Wildman–Crippen MR) is 92.6 cm³/mol. The van der Waals surface area contributed by atoms with E-state index >= 15 is 0 Å². The second-order valence-electron chi connectivity index (χ2n) is 5.88. The van der Waals surface area contributed by atoms with Gasteiger partial charge in [-0.3, -0.25) is 9.59 Å². The highest BCUT2D eigenvalue weighted by Crippen LogP contribution is 2.21. The lowest BCUT2D eigenvalue weighted by molar-refractivity contribution is -0.896. The molecule has 1 aliphatic rings. The Labute approximate surface area is 146 Å². The van der Waals surface area contributed by atoms with Crippen LogP contribution < -0.4 is 10.2 Å². The zero-order chi connectivity index (χ0) is 17.4. The lowest BCUT2D eigenvalue weighted by Gasteiger charge is -2.31. The van der Waals surface area contributed by atoms with Crippen LogP contribution in [0.2, 0.25) is 0 Å². The number of benzene rings is 1. The summed E-state index contributed by atoms with van der Waals surface area (Å²) in [7, 11) is 0. The number of rotatable bonds is 7. The molecule has 1 aromatic carbocycles. The second kappa shape index (κ2) is 9.64. The Bertz CT molecular complexity index is 563. The highest BCUT2D eigenvalue weighted by atomic mass is 32.2. The molecule has 0 spiro atoms. The number of nitrogens with zero attached hydrogens (tertiary/aromatic N) is 1. The van der Waals surface area contributed by atoms with Crippen LogP contribution in [0.25, 0.3) is 0 Å². The van der Waals surface area contributed by atoms with Gasteiger partial charge in [-0.05, 0) is 18.6 Å². The van der Waals surface area contributed by atoms with Gasteiger partial charge in [0.05, 0.1) is 31.9 Å². The van der Waals surface area contributed by atoms with Crippen LogP contribution in [0.15, 0.2) is 29.2 Å². The summed E-state index contributed by atoms with van der Waals surface area (Å²) in [6, 6.07) is 6.49. The van der Waals surface area contributed by atoms with Crippen molar-refractivity contribution in [1.29, 1.82) is 0 Å². The monoisotopic (exact) mass is 354 g/mol. The molecule has 0 unspecified atom stereocenters. The summed E-state index contributed by atoms with van der Waals surface area (Å²) in [5.41, 5.74) is 0. The Morgan fingerprint density at radius 1 is 1.29 bits per heavy atom. The summed E-state index contributed by atoms with van der Waals surface area (Å²) < 4.78 is 13.6. The van der Waals surface area contributed by atoms with Gasteiger partial charge in [-0.1, -0.05) is 19.1 Å². The molecule has 0 aliphatic carbocycles. The molecule has 1 fully saturated rings. The van der Waals surface area contributed by atoms with E-state index in [0.29, 0.717) is 31.1 Å².